The molecule has 0 unspecified atom stereocenters. The Morgan fingerprint density at radius 2 is 1.81 bits per heavy atom. The Hall–Kier alpha value is -2.19. The number of fused-ring (bicyclic) bond motifs is 1. The van der Waals surface area contributed by atoms with Crippen LogP contribution in [0, 0.1) is 0 Å². The van der Waals surface area contributed by atoms with Crippen LogP contribution in [-0.2, 0) is 14.4 Å². The van der Waals surface area contributed by atoms with Gasteiger partial charge in [0, 0.05) is 25.1 Å². The summed E-state index contributed by atoms with van der Waals surface area (Å²) in [7, 11) is 0. The van der Waals surface area contributed by atoms with Crippen molar-refractivity contribution in [1.29, 1.82) is 0 Å². The fourth-order valence-corrected chi connectivity index (χ4v) is 4.55. The predicted octanol–water partition coefficient (Wildman–Crippen LogP) is 3.27. The van der Waals surface area contributed by atoms with Gasteiger partial charge < -0.3 is 10.0 Å². The number of para-hydroxylation sites is 1. The monoisotopic (exact) mass is 404 g/mol. The van der Waals surface area contributed by atoms with Gasteiger partial charge in [0.1, 0.15) is 4.32 Å². The average molecular weight is 405 g/mol. The molecule has 3 rings (SSSR count). The summed E-state index contributed by atoms with van der Waals surface area (Å²) in [5.41, 5.74) is 1.98. The Kier molecular flexibility index (Phi) is 5.96. The maximum Gasteiger partial charge on any atom is 0.303 e. The van der Waals surface area contributed by atoms with Crippen LogP contribution in [0.3, 0.4) is 0 Å². The number of amides is 2. The van der Waals surface area contributed by atoms with Crippen molar-refractivity contribution < 1.29 is 19.5 Å². The van der Waals surface area contributed by atoms with Crippen LogP contribution in [-0.4, -0.2) is 45.2 Å². The van der Waals surface area contributed by atoms with Crippen molar-refractivity contribution in [3.63, 3.8) is 0 Å². The van der Waals surface area contributed by atoms with E-state index in [1.165, 1.54) is 4.90 Å². The van der Waals surface area contributed by atoms with E-state index in [9.17, 15) is 14.4 Å². The minimum Gasteiger partial charge on any atom is -0.481 e. The average Bonchev–Trinajstić information content (AvgIpc) is 3.07. The molecule has 1 aromatic carbocycles. The van der Waals surface area contributed by atoms with Gasteiger partial charge in [-0.25, -0.2) is 0 Å². The molecule has 0 radical (unpaired) electrons. The SMILES string of the molecule is CCCCN1C(=O)/C(=C2\SC(=S)N(CCCC(=O)O)C2=O)c2ccccc21. The molecule has 1 aromatic rings. The summed E-state index contributed by atoms with van der Waals surface area (Å²) in [6, 6.07) is 7.48. The summed E-state index contributed by atoms with van der Waals surface area (Å²) in [5.74, 6) is -1.40. The highest BCUT2D eigenvalue weighted by Gasteiger charge is 2.41. The number of thiocarbonyl (C=S) groups is 1. The number of anilines is 1. The molecular weight excluding hydrogens is 384 g/mol. The van der Waals surface area contributed by atoms with E-state index in [4.69, 9.17) is 17.3 Å². The molecule has 2 aliphatic rings. The number of carboxylic acid groups (broad SMARTS) is 1. The van der Waals surface area contributed by atoms with Crippen molar-refractivity contribution in [2.24, 2.45) is 0 Å². The number of rotatable bonds is 7. The Morgan fingerprint density at radius 1 is 1.11 bits per heavy atom. The number of carboxylic acids is 1. The Balaban J connectivity index is 1.93. The smallest absolute Gasteiger partial charge is 0.303 e. The quantitative estimate of drug-likeness (QED) is 0.555. The largest absolute Gasteiger partial charge is 0.481 e. The van der Waals surface area contributed by atoms with E-state index < -0.39 is 5.97 Å². The van der Waals surface area contributed by atoms with Gasteiger partial charge in [0.2, 0.25) is 0 Å². The number of carbonyl (C=O) groups is 3. The zero-order valence-corrected chi connectivity index (χ0v) is 16.6. The summed E-state index contributed by atoms with van der Waals surface area (Å²) in [5, 5.41) is 8.79. The highest BCUT2D eigenvalue weighted by molar-refractivity contribution is 8.26. The lowest BCUT2D eigenvalue weighted by Gasteiger charge is -2.16. The normalized spacial score (nSPS) is 19.2. The molecule has 27 heavy (non-hydrogen) atoms. The van der Waals surface area contributed by atoms with Crippen LogP contribution >= 0.6 is 24.0 Å². The third-order valence-corrected chi connectivity index (χ3v) is 5.96. The first-order valence-electron chi connectivity index (χ1n) is 8.86. The van der Waals surface area contributed by atoms with E-state index >= 15 is 0 Å². The molecular formula is C19H20N2O4S2. The molecule has 6 nitrogen and oxygen atoms in total. The van der Waals surface area contributed by atoms with Gasteiger partial charge in [-0.1, -0.05) is 55.5 Å². The molecule has 2 heterocycles. The zero-order valence-electron chi connectivity index (χ0n) is 14.9. The minimum absolute atomic E-state index is 0.0322. The summed E-state index contributed by atoms with van der Waals surface area (Å²) in [6.07, 6.45) is 2.13. The van der Waals surface area contributed by atoms with Gasteiger partial charge in [-0.05, 0) is 18.9 Å². The lowest BCUT2D eigenvalue weighted by molar-refractivity contribution is -0.137. The summed E-state index contributed by atoms with van der Waals surface area (Å²) in [4.78, 5) is 40.2. The van der Waals surface area contributed by atoms with Crippen molar-refractivity contribution >= 4 is 57.3 Å². The first-order valence-corrected chi connectivity index (χ1v) is 10.1. The van der Waals surface area contributed by atoms with Crippen molar-refractivity contribution in [2.45, 2.75) is 32.6 Å². The molecule has 1 fully saturated rings. The predicted molar refractivity (Wildman–Crippen MR) is 109 cm³/mol. The van der Waals surface area contributed by atoms with Crippen molar-refractivity contribution in [2.75, 3.05) is 18.0 Å². The Morgan fingerprint density at radius 3 is 2.52 bits per heavy atom. The molecule has 0 aliphatic carbocycles. The molecule has 0 atom stereocenters. The number of hydrogen-bond donors (Lipinski definition) is 1. The molecule has 1 N–H and O–H groups in total. The molecule has 0 saturated carbocycles. The van der Waals surface area contributed by atoms with E-state index in [2.05, 4.69) is 6.92 Å². The molecule has 0 aromatic heterocycles. The van der Waals surface area contributed by atoms with Gasteiger partial charge in [-0.3, -0.25) is 19.3 Å². The van der Waals surface area contributed by atoms with Crippen LogP contribution in [0.1, 0.15) is 38.2 Å². The van der Waals surface area contributed by atoms with Crippen molar-refractivity contribution in [3.8, 4) is 0 Å². The van der Waals surface area contributed by atoms with Crippen LogP contribution in [0.4, 0.5) is 5.69 Å². The van der Waals surface area contributed by atoms with E-state index in [1.807, 2.05) is 24.3 Å². The Labute approximate surface area is 167 Å². The fraction of sp³-hybridized carbons (Fsp3) is 0.368. The molecule has 142 valence electrons. The number of nitrogens with zero attached hydrogens (tertiary/aromatic N) is 2. The zero-order chi connectivity index (χ0) is 19.6. The number of benzene rings is 1. The summed E-state index contributed by atoms with van der Waals surface area (Å²) in [6.45, 7) is 2.91. The maximum absolute atomic E-state index is 13.1. The van der Waals surface area contributed by atoms with Crippen LogP contribution in [0.25, 0.3) is 5.57 Å². The number of aliphatic carboxylic acids is 1. The van der Waals surface area contributed by atoms with Crippen LogP contribution in [0.2, 0.25) is 0 Å². The van der Waals surface area contributed by atoms with Crippen LogP contribution in [0.5, 0.6) is 0 Å². The van der Waals surface area contributed by atoms with Gasteiger partial charge in [0.05, 0.1) is 16.2 Å². The van der Waals surface area contributed by atoms with E-state index in [0.29, 0.717) is 27.8 Å². The number of thioether (sulfide) groups is 1. The van der Waals surface area contributed by atoms with Gasteiger partial charge in [0.15, 0.2) is 0 Å². The fourth-order valence-electron chi connectivity index (χ4n) is 3.17. The van der Waals surface area contributed by atoms with Gasteiger partial charge in [-0.15, -0.1) is 0 Å². The summed E-state index contributed by atoms with van der Waals surface area (Å²) < 4.78 is 0.366. The molecule has 2 amide bonds. The molecule has 1 saturated heterocycles. The number of hydrogen-bond acceptors (Lipinski definition) is 5. The standard InChI is InChI=1S/C19H20N2O4S2/c1-2-3-10-20-13-8-5-4-7-12(13)15(17(20)24)16-18(25)21(19(26)27-16)11-6-9-14(22)23/h4-5,7-8H,2-3,6,9-11H2,1H3,(H,22,23)/b16-15-. The second kappa shape index (κ2) is 8.22. The second-order valence-corrected chi connectivity index (χ2v) is 8.00. The van der Waals surface area contributed by atoms with Gasteiger partial charge in [-0.2, -0.15) is 0 Å². The maximum atomic E-state index is 13.1. The summed E-state index contributed by atoms with van der Waals surface area (Å²) >= 11 is 6.43. The van der Waals surface area contributed by atoms with E-state index in [-0.39, 0.29) is 24.8 Å². The van der Waals surface area contributed by atoms with E-state index in [0.717, 1.165) is 35.9 Å². The molecule has 0 spiro atoms. The highest BCUT2D eigenvalue weighted by atomic mass is 32.2. The van der Waals surface area contributed by atoms with Crippen LogP contribution < -0.4 is 4.90 Å². The molecule has 0 bridgehead atoms. The van der Waals surface area contributed by atoms with Gasteiger partial charge >= 0.3 is 5.97 Å². The van der Waals surface area contributed by atoms with Crippen molar-refractivity contribution in [1.82, 2.24) is 4.90 Å². The van der Waals surface area contributed by atoms with Crippen LogP contribution in [0.15, 0.2) is 29.2 Å². The first kappa shape index (κ1) is 19.6. The number of unbranched alkanes of at least 4 members (excludes halogenated alkanes) is 1. The third kappa shape index (κ3) is 3.77. The minimum atomic E-state index is -0.912. The second-order valence-electron chi connectivity index (χ2n) is 6.35. The molecule has 2 aliphatic heterocycles. The topological polar surface area (TPSA) is 77.9 Å². The lowest BCUT2D eigenvalue weighted by atomic mass is 10.1. The first-order chi connectivity index (χ1) is 13.0. The lowest BCUT2D eigenvalue weighted by Crippen LogP contribution is -2.30. The number of carbonyl (C=O) groups excluding carboxylic acids is 2. The van der Waals surface area contributed by atoms with Gasteiger partial charge in [0.25, 0.3) is 11.8 Å². The van der Waals surface area contributed by atoms with E-state index in [1.54, 1.807) is 4.90 Å². The van der Waals surface area contributed by atoms with Crippen molar-refractivity contribution in [3.05, 3.63) is 34.7 Å². The highest BCUT2D eigenvalue weighted by Crippen LogP contribution is 2.44. The Bertz CT molecular complexity index is 850. The molecule has 8 heteroatoms. The third-order valence-electron chi connectivity index (χ3n) is 4.51.